The van der Waals surface area contributed by atoms with E-state index in [4.69, 9.17) is 14.2 Å². The van der Waals surface area contributed by atoms with Gasteiger partial charge in [0.25, 0.3) is 0 Å². The quantitative estimate of drug-likeness (QED) is 0.202. The third kappa shape index (κ3) is 7.69. The number of piperidine rings is 2. The number of aliphatic hydroxyl groups excluding tert-OH is 2. The molecule has 4 bridgehead atoms. The number of halogens is 1. The van der Waals surface area contributed by atoms with Crippen molar-refractivity contribution in [2.24, 2.45) is 0 Å². The Hall–Kier alpha value is -2.34. The van der Waals surface area contributed by atoms with Gasteiger partial charge in [-0.05, 0) is 50.3 Å². The maximum absolute atomic E-state index is 12.7. The van der Waals surface area contributed by atoms with Crippen LogP contribution in [0.3, 0.4) is 0 Å². The van der Waals surface area contributed by atoms with E-state index in [0.29, 0.717) is 36.4 Å². The fraction of sp³-hybridized carbons (Fsp3) is 0.632. The minimum Gasteiger partial charge on any atom is -1.00 e. The number of hydrogen-bond acceptors (Lipinski definition) is 8. The molecule has 5 aliphatic rings. The van der Waals surface area contributed by atoms with E-state index >= 15 is 0 Å². The largest absolute Gasteiger partial charge is 1.00 e. The Kier molecular flexibility index (Phi) is 12.4. The minimum atomic E-state index is -0.595. The summed E-state index contributed by atoms with van der Waals surface area (Å²) in [4.78, 5) is 27.5. The topological polar surface area (TPSA) is 109 Å². The van der Waals surface area contributed by atoms with Crippen LogP contribution in [0.5, 0.6) is 0 Å². The molecule has 5 saturated heterocycles. The van der Waals surface area contributed by atoms with E-state index in [1.807, 2.05) is 60.7 Å². The van der Waals surface area contributed by atoms with Crippen LogP contribution in [0.15, 0.2) is 60.7 Å². The first-order chi connectivity index (χ1) is 22.8. The van der Waals surface area contributed by atoms with Crippen molar-refractivity contribution in [1.29, 1.82) is 0 Å². The lowest BCUT2D eigenvalue weighted by Crippen LogP contribution is -3.00. The lowest BCUT2D eigenvalue weighted by atomic mass is 9.94. The fourth-order valence-electron chi connectivity index (χ4n) is 8.94. The number of ether oxygens (including phenoxy) is 3. The first-order valence-corrected chi connectivity index (χ1v) is 17.7. The number of quaternary nitrogens is 1. The molecule has 2 aromatic carbocycles. The summed E-state index contributed by atoms with van der Waals surface area (Å²) >= 11 is 0. The van der Waals surface area contributed by atoms with E-state index in [9.17, 15) is 19.8 Å². The highest BCUT2D eigenvalue weighted by Crippen LogP contribution is 2.53. The second kappa shape index (κ2) is 16.1. The maximum Gasteiger partial charge on any atom is 0.316 e. The van der Waals surface area contributed by atoms with Gasteiger partial charge in [-0.2, -0.15) is 0 Å². The second-order valence-corrected chi connectivity index (χ2v) is 14.5. The fourth-order valence-corrected chi connectivity index (χ4v) is 8.94. The number of morpholine rings is 1. The molecule has 2 aromatic rings. The Labute approximate surface area is 295 Å². The monoisotopic (exact) mass is 728 g/mol. The molecule has 5 aliphatic heterocycles. The molecular formula is C38H53BrN2O7. The summed E-state index contributed by atoms with van der Waals surface area (Å²) in [5.74, 6) is -1.76. The Morgan fingerprint density at radius 1 is 0.812 bits per heavy atom. The molecule has 0 radical (unpaired) electrons. The average Bonchev–Trinajstić information content (AvgIpc) is 3.82. The highest BCUT2D eigenvalue weighted by atomic mass is 79.9. The molecule has 7 rings (SSSR count). The van der Waals surface area contributed by atoms with Crippen LogP contribution in [0.1, 0.15) is 81.3 Å². The molecule has 5 heterocycles. The molecule has 9 nitrogen and oxygen atoms in total. The lowest BCUT2D eigenvalue weighted by molar-refractivity contribution is -0.956. The third-order valence-electron chi connectivity index (χ3n) is 11.8. The number of likely N-dealkylation sites (N-methyl/N-ethyl adjacent to an activating group) is 1. The molecule has 5 fully saturated rings. The summed E-state index contributed by atoms with van der Waals surface area (Å²) in [6.45, 7) is 2.99. The average molecular weight is 730 g/mol. The van der Waals surface area contributed by atoms with Crippen LogP contribution in [0.4, 0.5) is 0 Å². The number of esters is 2. The molecule has 264 valence electrons. The Morgan fingerprint density at radius 3 is 1.67 bits per heavy atom. The van der Waals surface area contributed by atoms with E-state index in [1.54, 1.807) is 0 Å². The number of nitrogens with zero attached hydrogens (tertiary/aromatic N) is 2. The number of fused-ring (bicyclic) bond motifs is 7. The smallest absolute Gasteiger partial charge is 0.316 e. The highest BCUT2D eigenvalue weighted by molar-refractivity contribution is 5.79. The Morgan fingerprint density at radius 2 is 1.25 bits per heavy atom. The van der Waals surface area contributed by atoms with Crippen molar-refractivity contribution in [3.63, 3.8) is 0 Å². The van der Waals surface area contributed by atoms with Gasteiger partial charge in [0.15, 0.2) is 0 Å². The van der Waals surface area contributed by atoms with Crippen molar-refractivity contribution < 1.29 is 55.5 Å². The van der Waals surface area contributed by atoms with Gasteiger partial charge in [0, 0.05) is 24.9 Å². The summed E-state index contributed by atoms with van der Waals surface area (Å²) in [5.41, 5.74) is 1.63. The first kappa shape index (κ1) is 36.9. The molecule has 48 heavy (non-hydrogen) atoms. The first-order valence-electron chi connectivity index (χ1n) is 17.7. The van der Waals surface area contributed by atoms with Gasteiger partial charge in [-0.3, -0.25) is 9.59 Å². The number of benzene rings is 2. The predicted octanol–water partition coefficient (Wildman–Crippen LogP) is 1.17. The summed E-state index contributed by atoms with van der Waals surface area (Å²) in [7, 11) is 4.53. The second-order valence-electron chi connectivity index (χ2n) is 14.5. The zero-order valence-electron chi connectivity index (χ0n) is 28.5. The van der Waals surface area contributed by atoms with E-state index in [1.165, 1.54) is 32.2 Å². The van der Waals surface area contributed by atoms with Gasteiger partial charge >= 0.3 is 11.9 Å². The van der Waals surface area contributed by atoms with Crippen LogP contribution in [0, 0.1) is 0 Å². The molecule has 10 heteroatoms. The van der Waals surface area contributed by atoms with Crippen LogP contribution >= 0.6 is 0 Å². The summed E-state index contributed by atoms with van der Waals surface area (Å²) < 4.78 is 18.6. The number of aliphatic hydroxyl groups is 2. The van der Waals surface area contributed by atoms with E-state index in [-0.39, 0.29) is 54.3 Å². The van der Waals surface area contributed by atoms with Gasteiger partial charge in [0.1, 0.15) is 48.3 Å². The number of unbranched alkanes of at least 4 members (excludes halogenated alkanes) is 1. The summed E-state index contributed by atoms with van der Waals surface area (Å²) in [6.07, 6.45) is 9.09. The van der Waals surface area contributed by atoms with Crippen LogP contribution in [-0.2, 0) is 23.8 Å². The molecule has 0 spiro atoms. The van der Waals surface area contributed by atoms with Crippen LogP contribution in [0.25, 0.3) is 0 Å². The van der Waals surface area contributed by atoms with Crippen molar-refractivity contribution in [3.8, 4) is 0 Å². The highest BCUT2D eigenvalue weighted by Gasteiger charge is 2.71. The summed E-state index contributed by atoms with van der Waals surface area (Å²) in [5, 5.41) is 19.2. The molecule has 0 amide bonds. The molecule has 2 N–H and O–H groups in total. The van der Waals surface area contributed by atoms with Gasteiger partial charge in [0.05, 0.1) is 26.8 Å². The van der Waals surface area contributed by atoms with E-state index < -0.39 is 11.8 Å². The molecular weight excluding hydrogens is 676 g/mol. The number of rotatable bonds is 11. The maximum atomic E-state index is 12.7. The minimum absolute atomic E-state index is 0. The lowest BCUT2D eigenvalue weighted by Gasteiger charge is -2.48. The molecule has 0 saturated carbocycles. The van der Waals surface area contributed by atoms with Crippen molar-refractivity contribution in [1.82, 2.24) is 4.90 Å². The van der Waals surface area contributed by atoms with Crippen LogP contribution < -0.4 is 17.0 Å². The molecule has 1 unspecified atom stereocenters. The van der Waals surface area contributed by atoms with Crippen molar-refractivity contribution >= 4 is 11.9 Å². The zero-order valence-corrected chi connectivity index (χ0v) is 30.1. The van der Waals surface area contributed by atoms with Crippen molar-refractivity contribution in [2.75, 3.05) is 33.9 Å². The van der Waals surface area contributed by atoms with Crippen LogP contribution in [0.2, 0.25) is 0 Å². The van der Waals surface area contributed by atoms with Gasteiger partial charge < -0.3 is 50.8 Å². The number of hydrogen-bond donors (Lipinski definition) is 2. The van der Waals surface area contributed by atoms with Crippen molar-refractivity contribution in [3.05, 3.63) is 71.8 Å². The van der Waals surface area contributed by atoms with Gasteiger partial charge in [-0.25, -0.2) is 0 Å². The van der Waals surface area contributed by atoms with Crippen molar-refractivity contribution in [2.45, 2.75) is 119 Å². The third-order valence-corrected chi connectivity index (χ3v) is 11.8. The van der Waals surface area contributed by atoms with Crippen LogP contribution in [-0.4, -0.2) is 114 Å². The van der Waals surface area contributed by atoms with E-state index in [2.05, 4.69) is 25.9 Å². The molecule has 11 atom stereocenters. The predicted molar refractivity (Wildman–Crippen MR) is 178 cm³/mol. The van der Waals surface area contributed by atoms with Gasteiger partial charge in [0.2, 0.25) is 0 Å². The normalized spacial score (nSPS) is 34.0. The number of carbonyl (C=O) groups is 2. The summed E-state index contributed by atoms with van der Waals surface area (Å²) in [6, 6.07) is 20.8. The SMILES string of the molecule is CCCC[N+]1(C)[C@@H]2C[C@@H](OC(=O)[C@H](CO)c3ccccc3)C[C@H]1[C@@H]1O[C@@H]12.CN1[C@@H]2CC[C@H]1C[C@@H](OC(=O)[C@H](CO)c1ccccc1)C2.[Br-]. The number of epoxide rings is 1. The Balaban J connectivity index is 0.000000188. The van der Waals surface area contributed by atoms with Gasteiger partial charge in [-0.1, -0.05) is 74.0 Å². The van der Waals surface area contributed by atoms with Gasteiger partial charge in [-0.15, -0.1) is 0 Å². The molecule has 0 aromatic heterocycles. The number of carbonyl (C=O) groups excluding carboxylic acids is 2. The Bertz CT molecular complexity index is 1320. The standard InChI is InChI=1S/C21H30NO4.C17H23NO3.BrH/c1-3-4-10-22(2)17-11-15(12-18(22)20-19(17)26-20)25-21(24)16(13-23)14-8-6-5-7-9-14;1-18-13-7-8-14(18)10-15(9-13)21-17(20)16(11-19)12-5-3-2-4-6-12;/h5-9,15-20,23H,3-4,10-13H2,1-2H3;2-6,13-16,19H,7-11H2,1H3;1H/q+1;;/p-1/t15-,16-,17-,18+,19-,20+,22?;13-,14+,15+,16-;/m11./s1. The van der Waals surface area contributed by atoms with E-state index in [0.717, 1.165) is 41.3 Å². The zero-order chi connectivity index (χ0) is 33.1. The molecule has 0 aliphatic carbocycles.